The second-order valence-electron chi connectivity index (χ2n) is 9.54. The van der Waals surface area contributed by atoms with Crippen molar-refractivity contribution in [2.24, 2.45) is 5.92 Å². The van der Waals surface area contributed by atoms with Crippen molar-refractivity contribution in [3.63, 3.8) is 0 Å². The molecule has 1 aliphatic heterocycles. The molecule has 1 atom stereocenters. The Hall–Kier alpha value is -3.18. The standard InChI is InChI=1S/C24H33N5O6/c1-14(2)11-28-22-18(7-8-19(30)27-9-10-35-13-17(27)12-34-4)15(3)26-29(22)24(33)20(23(28)32)21(31)25-16-5-6-16/h7-8,14,16-17,32H,5-6,9-13H2,1-4H3,(H,25,31)/b8-7+/t17-/m1/s1. The zero-order chi connectivity index (χ0) is 25.3. The van der Waals surface area contributed by atoms with E-state index in [9.17, 15) is 19.5 Å². The molecule has 2 fully saturated rings. The van der Waals surface area contributed by atoms with Gasteiger partial charge in [-0.1, -0.05) is 13.8 Å². The summed E-state index contributed by atoms with van der Waals surface area (Å²) in [5.74, 6) is -1.12. The average Bonchev–Trinajstić information content (AvgIpc) is 3.56. The van der Waals surface area contributed by atoms with Crippen LogP contribution in [0.1, 0.15) is 48.3 Å². The molecular weight excluding hydrogens is 454 g/mol. The van der Waals surface area contributed by atoms with Crippen LogP contribution >= 0.6 is 0 Å². The zero-order valence-corrected chi connectivity index (χ0v) is 20.6. The molecule has 1 saturated carbocycles. The third-order valence-electron chi connectivity index (χ3n) is 6.17. The van der Waals surface area contributed by atoms with Crippen LogP contribution in [0.2, 0.25) is 0 Å². The fourth-order valence-electron chi connectivity index (χ4n) is 4.31. The van der Waals surface area contributed by atoms with E-state index in [1.54, 1.807) is 25.0 Å². The number of fused-ring (bicyclic) bond motifs is 1. The zero-order valence-electron chi connectivity index (χ0n) is 20.6. The van der Waals surface area contributed by atoms with E-state index in [-0.39, 0.29) is 29.5 Å². The van der Waals surface area contributed by atoms with Gasteiger partial charge in [0, 0.05) is 37.9 Å². The van der Waals surface area contributed by atoms with E-state index in [1.807, 2.05) is 13.8 Å². The Kier molecular flexibility index (Phi) is 7.27. The van der Waals surface area contributed by atoms with Crippen LogP contribution in [0.3, 0.4) is 0 Å². The summed E-state index contributed by atoms with van der Waals surface area (Å²) in [6, 6.07) is -0.159. The van der Waals surface area contributed by atoms with Gasteiger partial charge in [-0.05, 0) is 31.8 Å². The maximum absolute atomic E-state index is 13.2. The number of carbonyl (C=O) groups is 2. The molecule has 11 heteroatoms. The van der Waals surface area contributed by atoms with Crippen molar-refractivity contribution in [1.82, 2.24) is 24.4 Å². The van der Waals surface area contributed by atoms with E-state index in [1.165, 1.54) is 10.6 Å². The summed E-state index contributed by atoms with van der Waals surface area (Å²) in [5, 5.41) is 18.2. The molecule has 1 aliphatic carbocycles. The van der Waals surface area contributed by atoms with Crippen LogP contribution in [0.5, 0.6) is 5.88 Å². The summed E-state index contributed by atoms with van der Waals surface area (Å²) < 4.78 is 13.4. The Morgan fingerprint density at radius 2 is 2.09 bits per heavy atom. The van der Waals surface area contributed by atoms with Crippen LogP contribution in [0.15, 0.2) is 10.9 Å². The molecule has 2 amide bonds. The van der Waals surface area contributed by atoms with Crippen molar-refractivity contribution >= 4 is 23.5 Å². The first kappa shape index (κ1) is 24.9. The predicted octanol–water partition coefficient (Wildman–Crippen LogP) is 0.945. The van der Waals surface area contributed by atoms with E-state index in [2.05, 4.69) is 10.4 Å². The number of carbonyl (C=O) groups excluding carboxylic acids is 2. The van der Waals surface area contributed by atoms with E-state index in [4.69, 9.17) is 9.47 Å². The number of aromatic hydroxyl groups is 1. The Morgan fingerprint density at radius 3 is 2.74 bits per heavy atom. The fourth-order valence-corrected chi connectivity index (χ4v) is 4.31. The Morgan fingerprint density at radius 1 is 1.34 bits per heavy atom. The summed E-state index contributed by atoms with van der Waals surface area (Å²) >= 11 is 0. The van der Waals surface area contributed by atoms with Gasteiger partial charge in [0.05, 0.1) is 31.6 Å². The minimum Gasteiger partial charge on any atom is -0.494 e. The number of amides is 2. The SMILES string of the molecule is COC[C@@H]1COCCN1C(=O)/C=C/c1c(C)nn2c(=O)c(C(=O)NC3CC3)c(O)n(CC(C)C)c12. The summed E-state index contributed by atoms with van der Waals surface area (Å²) in [6.45, 7) is 7.66. The lowest BCUT2D eigenvalue weighted by Gasteiger charge is -2.34. The van der Waals surface area contributed by atoms with Crippen LogP contribution in [-0.2, 0) is 20.8 Å². The van der Waals surface area contributed by atoms with Crippen molar-refractivity contribution in [1.29, 1.82) is 0 Å². The molecule has 2 aromatic heterocycles. The number of hydrogen-bond donors (Lipinski definition) is 2. The van der Waals surface area contributed by atoms with Gasteiger partial charge in [0.2, 0.25) is 11.8 Å². The number of aromatic nitrogens is 3. The highest BCUT2D eigenvalue weighted by Gasteiger charge is 2.31. The van der Waals surface area contributed by atoms with Crippen LogP contribution in [0.4, 0.5) is 0 Å². The topological polar surface area (TPSA) is 127 Å². The molecular formula is C24H33N5O6. The molecule has 4 rings (SSSR count). The highest BCUT2D eigenvalue weighted by atomic mass is 16.5. The Balaban J connectivity index is 1.77. The highest BCUT2D eigenvalue weighted by Crippen LogP contribution is 2.26. The highest BCUT2D eigenvalue weighted by molar-refractivity contribution is 5.97. The lowest BCUT2D eigenvalue weighted by Crippen LogP contribution is -2.50. The first-order valence-corrected chi connectivity index (χ1v) is 11.9. The summed E-state index contributed by atoms with van der Waals surface area (Å²) in [4.78, 5) is 40.7. The third-order valence-corrected chi connectivity index (χ3v) is 6.17. The normalized spacial score (nSPS) is 18.7. The molecule has 1 saturated heterocycles. The smallest absolute Gasteiger partial charge is 0.291 e. The lowest BCUT2D eigenvalue weighted by atomic mass is 10.1. The van der Waals surface area contributed by atoms with E-state index in [0.29, 0.717) is 49.8 Å². The number of rotatable bonds is 8. The van der Waals surface area contributed by atoms with Gasteiger partial charge in [-0.3, -0.25) is 19.0 Å². The largest absolute Gasteiger partial charge is 0.494 e. The molecule has 11 nitrogen and oxygen atoms in total. The van der Waals surface area contributed by atoms with Gasteiger partial charge < -0.3 is 24.8 Å². The monoisotopic (exact) mass is 487 g/mol. The number of nitrogens with zero attached hydrogens (tertiary/aromatic N) is 4. The van der Waals surface area contributed by atoms with Crippen molar-refractivity contribution in [3.05, 3.63) is 33.3 Å². The fraction of sp³-hybridized carbons (Fsp3) is 0.583. The van der Waals surface area contributed by atoms with E-state index < -0.39 is 17.3 Å². The second-order valence-corrected chi connectivity index (χ2v) is 9.54. The van der Waals surface area contributed by atoms with Crippen LogP contribution in [0, 0.1) is 12.8 Å². The molecule has 0 aromatic carbocycles. The molecule has 0 radical (unpaired) electrons. The number of aryl methyl sites for hydroxylation is 1. The average molecular weight is 488 g/mol. The van der Waals surface area contributed by atoms with Gasteiger partial charge in [-0.25, -0.2) is 0 Å². The Bertz CT molecular complexity index is 1210. The molecule has 2 N–H and O–H groups in total. The number of hydrogen-bond acceptors (Lipinski definition) is 7. The van der Waals surface area contributed by atoms with Gasteiger partial charge in [0.1, 0.15) is 5.65 Å². The van der Waals surface area contributed by atoms with Gasteiger partial charge in [-0.2, -0.15) is 9.61 Å². The van der Waals surface area contributed by atoms with Gasteiger partial charge in [0.15, 0.2) is 5.56 Å². The Labute approximate surface area is 203 Å². The molecule has 0 bridgehead atoms. The number of nitrogens with one attached hydrogen (secondary N) is 1. The van der Waals surface area contributed by atoms with Crippen LogP contribution in [0.25, 0.3) is 11.7 Å². The first-order valence-electron chi connectivity index (χ1n) is 11.9. The number of methoxy groups -OCH3 is 1. The molecule has 2 aliphatic rings. The second kappa shape index (κ2) is 10.2. The van der Waals surface area contributed by atoms with Crippen molar-refractivity contribution in [2.75, 3.05) is 33.5 Å². The van der Waals surface area contributed by atoms with E-state index in [0.717, 1.165) is 17.4 Å². The molecule has 0 spiro atoms. The van der Waals surface area contributed by atoms with E-state index >= 15 is 0 Å². The van der Waals surface area contributed by atoms with Crippen LogP contribution in [-0.4, -0.2) is 81.6 Å². The lowest BCUT2D eigenvalue weighted by molar-refractivity contribution is -0.136. The first-order chi connectivity index (χ1) is 16.7. The van der Waals surface area contributed by atoms with Crippen molar-refractivity contribution < 1.29 is 24.2 Å². The van der Waals surface area contributed by atoms with Crippen molar-refractivity contribution in [2.45, 2.75) is 52.2 Å². The van der Waals surface area contributed by atoms with Gasteiger partial charge in [0.25, 0.3) is 11.5 Å². The maximum atomic E-state index is 13.2. The summed E-state index contributed by atoms with van der Waals surface area (Å²) in [5.41, 5.74) is 0.337. The van der Waals surface area contributed by atoms with Crippen LogP contribution < -0.4 is 10.9 Å². The molecule has 0 unspecified atom stereocenters. The molecule has 2 aromatic rings. The third kappa shape index (κ3) is 5.10. The molecule has 190 valence electrons. The quantitative estimate of drug-likeness (QED) is 0.531. The summed E-state index contributed by atoms with van der Waals surface area (Å²) in [6.07, 6.45) is 4.76. The number of morpholine rings is 1. The minimum absolute atomic E-state index is 0.0292. The molecule has 35 heavy (non-hydrogen) atoms. The van der Waals surface area contributed by atoms with Gasteiger partial charge >= 0.3 is 0 Å². The number of ether oxygens (including phenoxy) is 2. The summed E-state index contributed by atoms with van der Waals surface area (Å²) in [7, 11) is 1.58. The minimum atomic E-state index is -0.696. The maximum Gasteiger partial charge on any atom is 0.291 e. The van der Waals surface area contributed by atoms with Gasteiger partial charge in [-0.15, -0.1) is 0 Å². The predicted molar refractivity (Wildman–Crippen MR) is 128 cm³/mol. The molecule has 3 heterocycles. The van der Waals surface area contributed by atoms with Crippen molar-refractivity contribution in [3.8, 4) is 5.88 Å².